The Morgan fingerprint density at radius 2 is 1.64 bits per heavy atom. The van der Waals surface area contributed by atoms with Gasteiger partial charge in [-0.3, -0.25) is 4.90 Å². The van der Waals surface area contributed by atoms with Crippen molar-refractivity contribution in [1.82, 2.24) is 4.90 Å². The summed E-state index contributed by atoms with van der Waals surface area (Å²) in [5.74, 6) is 0.0785. The highest BCUT2D eigenvalue weighted by Gasteiger charge is 2.44. The summed E-state index contributed by atoms with van der Waals surface area (Å²) in [6, 6.07) is 21.3. The fourth-order valence-corrected chi connectivity index (χ4v) is 6.15. The molecule has 2 unspecified atom stereocenters. The average Bonchev–Trinajstić information content (AvgIpc) is 3.47. The summed E-state index contributed by atoms with van der Waals surface area (Å²) in [7, 11) is 0. The van der Waals surface area contributed by atoms with Crippen LogP contribution in [0.1, 0.15) is 41.9 Å². The predicted molar refractivity (Wildman–Crippen MR) is 129 cm³/mol. The third-order valence-electron chi connectivity index (χ3n) is 7.71. The number of ether oxygens (including phenoxy) is 3. The summed E-state index contributed by atoms with van der Waals surface area (Å²) in [5, 5.41) is 0. The second-order valence-electron chi connectivity index (χ2n) is 9.73. The van der Waals surface area contributed by atoms with Gasteiger partial charge in [0.2, 0.25) is 0 Å². The highest BCUT2D eigenvalue weighted by molar-refractivity contribution is 5.79. The van der Waals surface area contributed by atoms with Crippen LogP contribution in [0.4, 0.5) is 13.6 Å². The minimum atomic E-state index is -3.64. The lowest BCUT2D eigenvalue weighted by Crippen LogP contribution is -2.43. The number of nitrogens with zero attached hydrogens (tertiary/aromatic N) is 1. The van der Waals surface area contributed by atoms with E-state index in [9.17, 15) is 13.6 Å². The molecule has 0 radical (unpaired) electrons. The van der Waals surface area contributed by atoms with Crippen LogP contribution < -0.4 is 9.47 Å². The molecule has 4 aliphatic rings. The van der Waals surface area contributed by atoms with E-state index < -0.39 is 6.29 Å². The Hall–Kier alpha value is -3.87. The van der Waals surface area contributed by atoms with Gasteiger partial charge >= 0.3 is 12.4 Å². The van der Waals surface area contributed by atoms with Crippen LogP contribution in [-0.2, 0) is 4.74 Å². The first-order chi connectivity index (χ1) is 17.5. The van der Waals surface area contributed by atoms with E-state index in [1.165, 1.54) is 28.3 Å². The van der Waals surface area contributed by atoms with Crippen LogP contribution in [0.5, 0.6) is 11.5 Å². The number of benzene rings is 3. The molecule has 5 nitrogen and oxygen atoms in total. The maximum absolute atomic E-state index is 13.4. The zero-order chi connectivity index (χ0) is 24.4. The normalized spacial score (nSPS) is 22.7. The van der Waals surface area contributed by atoms with Gasteiger partial charge in [0.15, 0.2) is 11.5 Å². The molecule has 3 aliphatic heterocycles. The summed E-state index contributed by atoms with van der Waals surface area (Å²) in [6.45, 7) is 0.287. The first kappa shape index (κ1) is 21.4. The Bertz CT molecular complexity index is 1370. The quantitative estimate of drug-likeness (QED) is 0.419. The van der Waals surface area contributed by atoms with Crippen molar-refractivity contribution in [1.29, 1.82) is 0 Å². The molecule has 3 aromatic carbocycles. The fraction of sp³-hybridized carbons (Fsp3) is 0.276. The molecule has 182 valence electrons. The summed E-state index contributed by atoms with van der Waals surface area (Å²) < 4.78 is 41.9. The van der Waals surface area contributed by atoms with Crippen molar-refractivity contribution in [3.63, 3.8) is 0 Å². The molecule has 3 aromatic rings. The van der Waals surface area contributed by atoms with Crippen molar-refractivity contribution in [3.8, 4) is 22.6 Å². The first-order valence-electron chi connectivity index (χ1n) is 12.2. The van der Waals surface area contributed by atoms with Gasteiger partial charge in [0.05, 0.1) is 6.04 Å². The molecule has 0 spiro atoms. The van der Waals surface area contributed by atoms with E-state index in [4.69, 9.17) is 4.74 Å². The number of carbonyl (C=O) groups excluding carboxylic acids is 1. The Labute approximate surface area is 206 Å². The molecule has 2 bridgehead atoms. The van der Waals surface area contributed by atoms with E-state index in [0.29, 0.717) is 6.42 Å². The van der Waals surface area contributed by atoms with E-state index >= 15 is 0 Å². The molecule has 1 saturated heterocycles. The second kappa shape index (κ2) is 7.82. The third-order valence-corrected chi connectivity index (χ3v) is 7.71. The van der Waals surface area contributed by atoms with Crippen molar-refractivity contribution >= 4 is 11.7 Å². The molecule has 1 aliphatic carbocycles. The van der Waals surface area contributed by atoms with Crippen LogP contribution in [0.25, 0.3) is 16.7 Å². The predicted octanol–water partition coefficient (Wildman–Crippen LogP) is 6.58. The maximum Gasteiger partial charge on any atom is 0.586 e. The molecule has 2 atom stereocenters. The largest absolute Gasteiger partial charge is 0.586 e. The number of halogens is 2. The molecule has 7 heteroatoms. The lowest BCUT2D eigenvalue weighted by molar-refractivity contribution is -0.286. The maximum atomic E-state index is 13.4. The van der Waals surface area contributed by atoms with Crippen LogP contribution in [0.3, 0.4) is 0 Å². The zero-order valence-corrected chi connectivity index (χ0v) is 19.3. The van der Waals surface area contributed by atoms with Gasteiger partial charge in [0.25, 0.3) is 0 Å². The summed E-state index contributed by atoms with van der Waals surface area (Å²) in [6.07, 6.45) is 0.475. The number of hydrogen-bond acceptors (Lipinski definition) is 4. The minimum absolute atomic E-state index is 0.0116. The van der Waals surface area contributed by atoms with Gasteiger partial charge in [-0.2, -0.15) is 0 Å². The Balaban J connectivity index is 1.08. The van der Waals surface area contributed by atoms with E-state index in [0.717, 1.165) is 24.0 Å². The van der Waals surface area contributed by atoms with Crippen LogP contribution >= 0.6 is 0 Å². The number of hydrogen-bond donors (Lipinski definition) is 0. The van der Waals surface area contributed by atoms with Crippen LogP contribution in [0, 0.1) is 0 Å². The Morgan fingerprint density at radius 3 is 2.36 bits per heavy atom. The fourth-order valence-electron chi connectivity index (χ4n) is 6.15. The van der Waals surface area contributed by atoms with Gasteiger partial charge in [-0.15, -0.1) is 8.78 Å². The Morgan fingerprint density at radius 1 is 0.944 bits per heavy atom. The van der Waals surface area contributed by atoms with Gasteiger partial charge in [-0.25, -0.2) is 4.79 Å². The molecular formula is C29H23F2NO4. The lowest BCUT2D eigenvalue weighted by Gasteiger charge is -2.33. The highest BCUT2D eigenvalue weighted by atomic mass is 19.3. The SMILES string of the molecule is O=C(OCC1c2ccccc2-c2ccccc21)N1C2C=C(c3ccc4c(c3)OC(F)(F)O4)CC1CC2. The monoisotopic (exact) mass is 487 g/mol. The van der Waals surface area contributed by atoms with Crippen molar-refractivity contribution in [3.05, 3.63) is 89.5 Å². The third kappa shape index (κ3) is 3.37. The van der Waals surface area contributed by atoms with Gasteiger partial charge < -0.3 is 14.2 Å². The molecule has 1 amide bonds. The molecule has 7 rings (SSSR count). The summed E-state index contributed by atoms with van der Waals surface area (Å²) >= 11 is 0. The Kier molecular flexibility index (Phi) is 4.65. The van der Waals surface area contributed by atoms with Crippen molar-refractivity contribution in [2.24, 2.45) is 0 Å². The standard InChI is InChI=1S/C29H23F2NO4/c30-29(31)35-26-12-9-17(15-27(26)36-29)18-13-19-10-11-20(14-18)32(19)28(33)34-16-25-23-7-3-1-5-21(23)22-6-2-4-8-24(22)25/h1-9,12-13,15,19-20,25H,10-11,14,16H2. The smallest absolute Gasteiger partial charge is 0.448 e. The van der Waals surface area contributed by atoms with Crippen molar-refractivity contribution in [2.45, 2.75) is 43.6 Å². The van der Waals surface area contributed by atoms with Gasteiger partial charge in [0.1, 0.15) is 6.61 Å². The summed E-state index contributed by atoms with van der Waals surface area (Å²) in [4.78, 5) is 15.1. The number of carbonyl (C=O) groups is 1. The minimum Gasteiger partial charge on any atom is -0.448 e. The number of fused-ring (bicyclic) bond motifs is 6. The van der Waals surface area contributed by atoms with Gasteiger partial charge in [-0.1, -0.05) is 60.7 Å². The van der Waals surface area contributed by atoms with E-state index in [1.807, 2.05) is 29.2 Å². The highest BCUT2D eigenvalue weighted by Crippen LogP contribution is 2.46. The second-order valence-corrected chi connectivity index (χ2v) is 9.73. The van der Waals surface area contributed by atoms with E-state index in [1.54, 1.807) is 12.1 Å². The average molecular weight is 488 g/mol. The summed E-state index contributed by atoms with van der Waals surface area (Å²) in [5.41, 5.74) is 6.58. The van der Waals surface area contributed by atoms with Crippen molar-refractivity contribution < 1.29 is 27.8 Å². The van der Waals surface area contributed by atoms with Gasteiger partial charge in [-0.05, 0) is 64.8 Å². The topological polar surface area (TPSA) is 48.0 Å². The molecule has 3 heterocycles. The zero-order valence-electron chi connectivity index (χ0n) is 19.3. The first-order valence-corrected chi connectivity index (χ1v) is 12.2. The van der Waals surface area contributed by atoms with E-state index in [2.05, 4.69) is 39.8 Å². The van der Waals surface area contributed by atoms with Crippen LogP contribution in [-0.4, -0.2) is 36.0 Å². The number of rotatable bonds is 3. The molecule has 1 fully saturated rings. The number of amides is 1. The van der Waals surface area contributed by atoms with E-state index in [-0.39, 0.29) is 42.2 Å². The molecule has 0 N–H and O–H groups in total. The lowest BCUT2D eigenvalue weighted by atomic mass is 9.94. The van der Waals surface area contributed by atoms with Crippen LogP contribution in [0.15, 0.2) is 72.8 Å². The number of alkyl halides is 2. The van der Waals surface area contributed by atoms with Crippen molar-refractivity contribution in [2.75, 3.05) is 6.61 Å². The van der Waals surface area contributed by atoms with Crippen LogP contribution in [0.2, 0.25) is 0 Å². The molecule has 36 heavy (non-hydrogen) atoms. The molecular weight excluding hydrogens is 464 g/mol. The molecule has 0 saturated carbocycles. The molecule has 0 aromatic heterocycles. The van der Waals surface area contributed by atoms with Gasteiger partial charge in [0, 0.05) is 12.0 Å².